The zero-order valence-electron chi connectivity index (χ0n) is 16.3. The van der Waals surface area contributed by atoms with Crippen molar-refractivity contribution >= 4 is 26.3 Å². The Balaban J connectivity index is 3.10. The zero-order valence-corrected chi connectivity index (χ0v) is 18.1. The van der Waals surface area contributed by atoms with E-state index in [-0.39, 0.29) is 23.7 Å². The van der Waals surface area contributed by atoms with Crippen LogP contribution in [0.4, 0.5) is 0 Å². The molecule has 0 bridgehead atoms. The number of rotatable bonds is 9. The molecule has 0 aliphatic heterocycles. The number of nitrogens with zero attached hydrogens (tertiary/aromatic N) is 4. The highest BCUT2D eigenvalue weighted by Gasteiger charge is 2.40. The molecule has 0 aliphatic rings. The molecule has 1 heterocycles. The van der Waals surface area contributed by atoms with E-state index in [9.17, 15) is 4.79 Å². The highest BCUT2D eigenvalue weighted by Crippen LogP contribution is 2.38. The summed E-state index contributed by atoms with van der Waals surface area (Å²) in [5, 5.41) is 3.69. The Morgan fingerprint density at radius 3 is 2.62 bits per heavy atom. The van der Waals surface area contributed by atoms with Gasteiger partial charge < -0.3 is 8.61 Å². The van der Waals surface area contributed by atoms with Gasteiger partial charge in [-0.3, -0.25) is 9.78 Å². The Bertz CT molecular complexity index is 631. The Labute approximate surface area is 160 Å². The maximum Gasteiger partial charge on any atom is 0.327 e. The molecule has 0 amide bonds. The summed E-state index contributed by atoms with van der Waals surface area (Å²) in [4.78, 5) is 19.6. The summed E-state index contributed by atoms with van der Waals surface area (Å²) in [6, 6.07) is 5.42. The van der Waals surface area contributed by atoms with Crippen molar-refractivity contribution in [2.75, 3.05) is 12.8 Å². The van der Waals surface area contributed by atoms with E-state index in [2.05, 4.69) is 48.9 Å². The summed E-state index contributed by atoms with van der Waals surface area (Å²) < 4.78 is 11.6. The van der Waals surface area contributed by atoms with Gasteiger partial charge in [0.2, 0.25) is 0 Å². The molecule has 144 valence electrons. The van der Waals surface area contributed by atoms with E-state index >= 15 is 0 Å². The minimum atomic E-state index is -2.10. The third-order valence-corrected chi connectivity index (χ3v) is 9.48. The van der Waals surface area contributed by atoms with Crippen LogP contribution in [-0.4, -0.2) is 38.2 Å². The highest BCUT2D eigenvalue weighted by molar-refractivity contribution is 7.94. The smallest absolute Gasteiger partial charge is 0.327 e. The quantitative estimate of drug-likeness (QED) is 0.191. The molecule has 9 heteroatoms. The van der Waals surface area contributed by atoms with Crippen LogP contribution in [0.2, 0.25) is 18.1 Å². The summed E-state index contributed by atoms with van der Waals surface area (Å²) in [7, 11) is -2.10. The maximum atomic E-state index is 12.5. The van der Waals surface area contributed by atoms with Crippen molar-refractivity contribution in [2.45, 2.75) is 57.3 Å². The van der Waals surface area contributed by atoms with E-state index < -0.39 is 14.2 Å². The van der Waals surface area contributed by atoms with E-state index in [0.717, 1.165) is 12.0 Å². The first-order valence-corrected chi connectivity index (χ1v) is 12.5. The van der Waals surface area contributed by atoms with Crippen molar-refractivity contribution in [3.8, 4) is 0 Å². The van der Waals surface area contributed by atoms with E-state index in [0.29, 0.717) is 12.1 Å². The molecule has 0 saturated carbocycles. The van der Waals surface area contributed by atoms with Crippen molar-refractivity contribution < 1.29 is 13.4 Å². The van der Waals surface area contributed by atoms with Gasteiger partial charge in [-0.25, -0.2) is 0 Å². The molecule has 0 N–H and O–H groups in total. The molecule has 0 fully saturated rings. The van der Waals surface area contributed by atoms with E-state index in [1.54, 1.807) is 24.6 Å². The molecule has 1 rings (SSSR count). The molecule has 0 spiro atoms. The first-order valence-electron chi connectivity index (χ1n) is 8.46. The number of hydrogen-bond acceptors (Lipinski definition) is 6. The van der Waals surface area contributed by atoms with E-state index in [4.69, 9.17) is 14.1 Å². The van der Waals surface area contributed by atoms with Crippen LogP contribution >= 0.6 is 12.0 Å². The minimum absolute atomic E-state index is 0.00187. The van der Waals surface area contributed by atoms with Gasteiger partial charge in [-0.1, -0.05) is 32.0 Å². The van der Waals surface area contributed by atoms with Crippen LogP contribution in [0.15, 0.2) is 29.5 Å². The topological polar surface area (TPSA) is 97.2 Å². The molecule has 0 aromatic carbocycles. The Morgan fingerprint density at radius 2 is 2.12 bits per heavy atom. The highest BCUT2D eigenvalue weighted by atomic mass is 32.2. The van der Waals surface area contributed by atoms with Gasteiger partial charge >= 0.3 is 5.97 Å². The number of hydrogen-bond donors (Lipinski definition) is 0. The zero-order chi connectivity index (χ0) is 19.8. The average Bonchev–Trinajstić information content (AvgIpc) is 2.57. The van der Waals surface area contributed by atoms with Crippen LogP contribution in [0.1, 0.15) is 38.8 Å². The van der Waals surface area contributed by atoms with Crippen molar-refractivity contribution in [1.29, 1.82) is 0 Å². The number of carbonyl (C=O) groups is 1. The van der Waals surface area contributed by atoms with Crippen molar-refractivity contribution in [2.24, 2.45) is 5.11 Å². The SMILES string of the molecule is CSOC(=O)C(CC(CN=[N+]=[N-])O[Si](C)(C)C(C)(C)C)c1ccccn1. The lowest BCUT2D eigenvalue weighted by atomic mass is 9.97. The second-order valence-electron chi connectivity index (χ2n) is 7.53. The average molecular weight is 397 g/mol. The van der Waals surface area contributed by atoms with Crippen LogP contribution in [0.25, 0.3) is 10.4 Å². The van der Waals surface area contributed by atoms with E-state index in [1.165, 1.54) is 0 Å². The lowest BCUT2D eigenvalue weighted by molar-refractivity contribution is -0.135. The molecular formula is C17H28N4O3SSi. The number of pyridine rings is 1. The van der Waals surface area contributed by atoms with Crippen LogP contribution in [-0.2, 0) is 13.4 Å². The summed E-state index contributed by atoms with van der Waals surface area (Å²) in [6.45, 7) is 10.9. The molecule has 1 aromatic rings. The molecule has 26 heavy (non-hydrogen) atoms. The molecule has 0 radical (unpaired) electrons. The van der Waals surface area contributed by atoms with Gasteiger partial charge in [0.1, 0.15) is 5.92 Å². The van der Waals surface area contributed by atoms with Gasteiger partial charge in [-0.15, -0.1) is 0 Å². The molecule has 7 nitrogen and oxygen atoms in total. The van der Waals surface area contributed by atoms with Crippen LogP contribution in [0, 0.1) is 0 Å². The van der Waals surface area contributed by atoms with Gasteiger partial charge in [0.05, 0.1) is 30.4 Å². The Kier molecular flexibility index (Phi) is 8.62. The lowest BCUT2D eigenvalue weighted by Crippen LogP contribution is -2.45. The van der Waals surface area contributed by atoms with Crippen molar-refractivity contribution in [3.63, 3.8) is 0 Å². The van der Waals surface area contributed by atoms with Gasteiger partial charge in [-0.2, -0.15) is 0 Å². The van der Waals surface area contributed by atoms with Gasteiger partial charge in [0.25, 0.3) is 0 Å². The minimum Gasteiger partial charge on any atom is -0.414 e. The Hall–Kier alpha value is -1.54. The number of aromatic nitrogens is 1. The van der Waals surface area contributed by atoms with Crippen molar-refractivity contribution in [1.82, 2.24) is 4.98 Å². The monoisotopic (exact) mass is 396 g/mol. The third-order valence-electron chi connectivity index (χ3n) is 4.61. The first-order chi connectivity index (χ1) is 12.1. The molecule has 0 saturated heterocycles. The fourth-order valence-corrected chi connectivity index (χ4v) is 3.84. The van der Waals surface area contributed by atoms with Crippen LogP contribution < -0.4 is 0 Å². The summed E-state index contributed by atoms with van der Waals surface area (Å²) in [5.41, 5.74) is 9.35. The van der Waals surface area contributed by atoms with Crippen LogP contribution in [0.3, 0.4) is 0 Å². The van der Waals surface area contributed by atoms with E-state index in [1.807, 2.05) is 6.07 Å². The number of carbonyl (C=O) groups excluding carboxylic acids is 1. The Morgan fingerprint density at radius 1 is 1.42 bits per heavy atom. The standard InChI is InChI=1S/C17H28N4O3SSi/c1-17(2,3)26(5,6)24-13(12-20-21-18)11-14(16(22)23-25-4)15-9-7-8-10-19-15/h7-10,13-14H,11-12H2,1-6H3. The molecule has 2 atom stereocenters. The molecule has 1 aromatic heterocycles. The van der Waals surface area contributed by atoms with Gasteiger partial charge in [0.15, 0.2) is 8.32 Å². The predicted molar refractivity (Wildman–Crippen MR) is 107 cm³/mol. The summed E-state index contributed by atoms with van der Waals surface area (Å²) in [5.74, 6) is -0.951. The fourth-order valence-electron chi connectivity index (χ4n) is 2.20. The maximum absolute atomic E-state index is 12.5. The number of azide groups is 1. The summed E-state index contributed by atoms with van der Waals surface area (Å²) >= 11 is 1.00. The fraction of sp³-hybridized carbons (Fsp3) is 0.647. The second-order valence-corrected chi connectivity index (χ2v) is 12.8. The largest absolute Gasteiger partial charge is 0.414 e. The lowest BCUT2D eigenvalue weighted by Gasteiger charge is -2.39. The molecular weight excluding hydrogens is 368 g/mol. The van der Waals surface area contributed by atoms with Gasteiger partial charge in [-0.05, 0) is 42.2 Å². The van der Waals surface area contributed by atoms with Crippen LogP contribution in [0.5, 0.6) is 0 Å². The molecule has 0 aliphatic carbocycles. The second kappa shape index (κ2) is 9.96. The normalized spacial score (nSPS) is 14.2. The van der Waals surface area contributed by atoms with Crippen molar-refractivity contribution in [3.05, 3.63) is 40.5 Å². The first kappa shape index (κ1) is 22.5. The summed E-state index contributed by atoms with van der Waals surface area (Å²) in [6.07, 6.45) is 3.30. The van der Waals surface area contributed by atoms with Gasteiger partial charge in [0, 0.05) is 17.4 Å². The molecule has 2 unspecified atom stereocenters. The predicted octanol–water partition coefficient (Wildman–Crippen LogP) is 5.08. The third kappa shape index (κ3) is 6.64.